The molecule has 0 spiro atoms. The molecule has 0 heterocycles. The Balaban J connectivity index is 1.43. The van der Waals surface area contributed by atoms with Crippen LogP contribution in [0.3, 0.4) is 0 Å². The minimum atomic E-state index is 0.180. The number of Topliss-reactive ketones (excluding diaryl/α,β-unsaturated/α-hetero) is 2. The van der Waals surface area contributed by atoms with Crippen LogP contribution in [0.15, 0.2) is 46.4 Å². The molecule has 4 aliphatic rings. The maximum absolute atomic E-state index is 13.0. The quantitative estimate of drug-likeness (QED) is 0.482. The van der Waals surface area contributed by atoms with Crippen molar-refractivity contribution in [1.29, 1.82) is 0 Å². The lowest BCUT2D eigenvalue weighted by atomic mass is 9.46. The Hall–Kier alpha value is -1.35. The number of carbonyl (C=O) groups excluding carboxylic acids is 2. The van der Waals surface area contributed by atoms with Crippen molar-refractivity contribution in [3.8, 4) is 0 Å². The lowest BCUT2D eigenvalue weighted by Gasteiger charge is -2.58. The number of thioether (sulfide) groups is 1. The van der Waals surface area contributed by atoms with Crippen LogP contribution in [0.25, 0.3) is 0 Å². The topological polar surface area (TPSA) is 34.1 Å². The summed E-state index contributed by atoms with van der Waals surface area (Å²) in [6.07, 6.45) is 8.79. The number of fused-ring (bicyclic) bond motifs is 5. The van der Waals surface area contributed by atoms with E-state index in [9.17, 15) is 9.59 Å². The molecule has 0 aromatic heterocycles. The van der Waals surface area contributed by atoms with E-state index in [4.69, 9.17) is 0 Å². The summed E-state index contributed by atoms with van der Waals surface area (Å²) in [5.74, 6) is 4.01. The van der Waals surface area contributed by atoms with Crippen molar-refractivity contribution in [3.63, 3.8) is 0 Å². The third-order valence-corrected chi connectivity index (χ3v) is 10.9. The number of ketones is 2. The van der Waals surface area contributed by atoms with Crippen molar-refractivity contribution in [2.45, 2.75) is 77.0 Å². The number of rotatable bonds is 4. The number of allylic oxidation sites excluding steroid dienone is 1. The molecule has 5 rings (SSSR count). The lowest BCUT2D eigenvalue weighted by Crippen LogP contribution is -2.51. The van der Waals surface area contributed by atoms with Crippen LogP contribution in [0.2, 0.25) is 0 Å². The average Bonchev–Trinajstić information content (AvgIpc) is 3.12. The summed E-state index contributed by atoms with van der Waals surface area (Å²) < 4.78 is 0. The largest absolute Gasteiger partial charge is 0.300 e. The highest BCUT2D eigenvalue weighted by Crippen LogP contribution is 2.67. The molecule has 0 aliphatic heterocycles. The van der Waals surface area contributed by atoms with E-state index in [2.05, 4.69) is 38.1 Å². The van der Waals surface area contributed by atoms with Gasteiger partial charge in [-0.3, -0.25) is 9.59 Å². The summed E-state index contributed by atoms with van der Waals surface area (Å²) in [4.78, 5) is 26.6. The molecular weight excluding hydrogens is 400 g/mol. The minimum absolute atomic E-state index is 0.180. The van der Waals surface area contributed by atoms with Gasteiger partial charge in [0, 0.05) is 28.6 Å². The second-order valence-electron chi connectivity index (χ2n) is 11.1. The van der Waals surface area contributed by atoms with Gasteiger partial charge in [-0.2, -0.15) is 0 Å². The molecule has 0 N–H and O–H groups in total. The van der Waals surface area contributed by atoms with E-state index in [0.717, 1.165) is 36.5 Å². The Labute approximate surface area is 191 Å². The molecule has 166 valence electrons. The number of hydrogen-bond acceptors (Lipinski definition) is 3. The van der Waals surface area contributed by atoms with Crippen LogP contribution in [0.5, 0.6) is 0 Å². The van der Waals surface area contributed by atoms with Crippen LogP contribution >= 0.6 is 11.8 Å². The normalized spacial score (nSPS) is 39.6. The SMILES string of the molecule is CC(=O)[C@H]1CC[C@H]2[C@@H]3CCC4=C(CSc5ccccc5)C(=O)CC[C@]4(C)[C@H]3CC[C@]12C. The highest BCUT2D eigenvalue weighted by atomic mass is 32.2. The predicted octanol–water partition coefficient (Wildman–Crippen LogP) is 6.89. The zero-order valence-electron chi connectivity index (χ0n) is 19.3. The fourth-order valence-corrected chi connectivity index (χ4v) is 9.33. The third-order valence-electron chi connectivity index (χ3n) is 9.86. The van der Waals surface area contributed by atoms with Crippen LogP contribution in [0.4, 0.5) is 0 Å². The van der Waals surface area contributed by atoms with Gasteiger partial charge in [-0.25, -0.2) is 0 Å². The summed E-state index contributed by atoms with van der Waals surface area (Å²) >= 11 is 1.82. The van der Waals surface area contributed by atoms with E-state index >= 15 is 0 Å². The highest BCUT2D eigenvalue weighted by Gasteiger charge is 2.60. The monoisotopic (exact) mass is 436 g/mol. The highest BCUT2D eigenvalue weighted by molar-refractivity contribution is 7.99. The van der Waals surface area contributed by atoms with E-state index < -0.39 is 0 Å². The average molecular weight is 437 g/mol. The Bertz CT molecular complexity index is 918. The lowest BCUT2D eigenvalue weighted by molar-refractivity contribution is -0.128. The first-order chi connectivity index (χ1) is 14.8. The molecule has 6 atom stereocenters. The van der Waals surface area contributed by atoms with E-state index in [1.165, 1.54) is 36.2 Å². The molecule has 0 bridgehead atoms. The molecule has 3 saturated carbocycles. The van der Waals surface area contributed by atoms with Gasteiger partial charge < -0.3 is 0 Å². The summed E-state index contributed by atoms with van der Waals surface area (Å²) in [5.41, 5.74) is 3.03. The van der Waals surface area contributed by atoms with E-state index in [1.54, 1.807) is 0 Å². The molecule has 1 aromatic carbocycles. The summed E-state index contributed by atoms with van der Waals surface area (Å²) in [6, 6.07) is 10.5. The second-order valence-corrected chi connectivity index (χ2v) is 12.1. The van der Waals surface area contributed by atoms with Gasteiger partial charge in [0.2, 0.25) is 0 Å². The van der Waals surface area contributed by atoms with Gasteiger partial charge in [-0.15, -0.1) is 11.8 Å². The van der Waals surface area contributed by atoms with Gasteiger partial charge in [0.25, 0.3) is 0 Å². The van der Waals surface area contributed by atoms with Crippen LogP contribution < -0.4 is 0 Å². The Kier molecular flexibility index (Phi) is 5.48. The maximum atomic E-state index is 13.0. The second kappa shape index (κ2) is 7.90. The molecule has 0 amide bonds. The Morgan fingerprint density at radius 2 is 1.77 bits per heavy atom. The van der Waals surface area contributed by atoms with Crippen molar-refractivity contribution in [3.05, 3.63) is 41.5 Å². The molecule has 4 aliphatic carbocycles. The predicted molar refractivity (Wildman–Crippen MR) is 127 cm³/mol. The van der Waals surface area contributed by atoms with E-state index in [1.807, 2.05) is 24.8 Å². The zero-order valence-corrected chi connectivity index (χ0v) is 20.1. The van der Waals surface area contributed by atoms with Crippen LogP contribution in [-0.4, -0.2) is 17.3 Å². The smallest absolute Gasteiger partial charge is 0.159 e. The Morgan fingerprint density at radius 1 is 1.00 bits per heavy atom. The van der Waals surface area contributed by atoms with Crippen molar-refractivity contribution in [2.75, 3.05) is 5.75 Å². The van der Waals surface area contributed by atoms with Gasteiger partial charge in [-0.05, 0) is 92.6 Å². The molecule has 2 nitrogen and oxygen atoms in total. The Morgan fingerprint density at radius 3 is 2.52 bits per heavy atom. The van der Waals surface area contributed by atoms with Crippen LogP contribution in [-0.2, 0) is 9.59 Å². The number of benzene rings is 1. The van der Waals surface area contributed by atoms with E-state index in [0.29, 0.717) is 29.8 Å². The molecule has 31 heavy (non-hydrogen) atoms. The number of hydrogen-bond donors (Lipinski definition) is 0. The van der Waals surface area contributed by atoms with Crippen molar-refractivity contribution in [1.82, 2.24) is 0 Å². The molecule has 1 aromatic rings. The van der Waals surface area contributed by atoms with Gasteiger partial charge in [0.15, 0.2) is 5.78 Å². The van der Waals surface area contributed by atoms with Gasteiger partial charge in [0.05, 0.1) is 0 Å². The molecule has 3 fully saturated rings. The fourth-order valence-electron chi connectivity index (χ4n) is 8.33. The standard InChI is InChI=1S/C28H36O2S/c1-18(29)22-11-12-23-20-9-10-24-21(17-31-19-7-5-4-6-8-19)26(30)14-16-28(24,3)25(20)13-15-27(22,23)2/h4-8,20,22-23,25H,9-17H2,1-3H3/t20-,22+,23-,25-,27+,28-/m0/s1. The first kappa shape index (κ1) is 21.5. The van der Waals surface area contributed by atoms with Crippen molar-refractivity contribution < 1.29 is 9.59 Å². The summed E-state index contributed by atoms with van der Waals surface area (Å²) in [6.45, 7) is 6.72. The molecule has 0 radical (unpaired) electrons. The molecule has 0 saturated heterocycles. The van der Waals surface area contributed by atoms with Gasteiger partial charge in [0.1, 0.15) is 5.78 Å². The van der Waals surface area contributed by atoms with Gasteiger partial charge >= 0.3 is 0 Å². The van der Waals surface area contributed by atoms with Crippen molar-refractivity contribution in [2.24, 2.45) is 34.5 Å². The fraction of sp³-hybridized carbons (Fsp3) is 0.643. The minimum Gasteiger partial charge on any atom is -0.300 e. The van der Waals surface area contributed by atoms with Crippen LogP contribution in [0, 0.1) is 34.5 Å². The van der Waals surface area contributed by atoms with E-state index in [-0.39, 0.29) is 16.7 Å². The first-order valence-electron chi connectivity index (χ1n) is 12.3. The van der Waals surface area contributed by atoms with Crippen LogP contribution in [0.1, 0.15) is 72.1 Å². The third kappa shape index (κ3) is 3.37. The molecule has 3 heteroatoms. The van der Waals surface area contributed by atoms with Crippen molar-refractivity contribution >= 4 is 23.3 Å². The molecular formula is C28H36O2S. The summed E-state index contributed by atoms with van der Waals surface area (Å²) in [7, 11) is 0. The summed E-state index contributed by atoms with van der Waals surface area (Å²) in [5, 5.41) is 0. The number of carbonyl (C=O) groups is 2. The van der Waals surface area contributed by atoms with Gasteiger partial charge in [-0.1, -0.05) is 37.6 Å². The first-order valence-corrected chi connectivity index (χ1v) is 13.3. The zero-order chi connectivity index (χ0) is 21.8. The molecule has 0 unspecified atom stereocenters. The maximum Gasteiger partial charge on any atom is 0.159 e.